The summed E-state index contributed by atoms with van der Waals surface area (Å²) in [4.78, 5) is 17.0. The van der Waals surface area contributed by atoms with Crippen LogP contribution < -0.4 is 4.90 Å². The van der Waals surface area contributed by atoms with Crippen LogP contribution >= 0.6 is 0 Å². The topological polar surface area (TPSA) is 62.7 Å². The van der Waals surface area contributed by atoms with Gasteiger partial charge in [0.15, 0.2) is 0 Å². The Kier molecular flexibility index (Phi) is 4.90. The Morgan fingerprint density at radius 2 is 2.35 bits per heavy atom. The molecule has 1 unspecified atom stereocenters. The molecule has 5 nitrogen and oxygen atoms in total. The molecule has 0 aromatic carbocycles. The molecule has 0 saturated carbocycles. The van der Waals surface area contributed by atoms with Gasteiger partial charge in [-0.25, -0.2) is 4.79 Å². The van der Waals surface area contributed by atoms with E-state index in [1.165, 1.54) is 6.20 Å². The number of methoxy groups -OCH3 is 1. The third-order valence-electron chi connectivity index (χ3n) is 2.62. The summed E-state index contributed by atoms with van der Waals surface area (Å²) in [5, 5.41) is 9.12. The van der Waals surface area contributed by atoms with Crippen molar-refractivity contribution in [1.82, 2.24) is 4.98 Å². The lowest BCUT2D eigenvalue weighted by Gasteiger charge is -2.30. The summed E-state index contributed by atoms with van der Waals surface area (Å²) in [7, 11) is 1.63. The van der Waals surface area contributed by atoms with Gasteiger partial charge in [0.05, 0.1) is 12.3 Å². The van der Waals surface area contributed by atoms with Gasteiger partial charge in [-0.2, -0.15) is 0 Å². The number of carboxylic acids is 1. The fraction of sp³-hybridized carbons (Fsp3) is 0.500. The van der Waals surface area contributed by atoms with E-state index in [0.29, 0.717) is 12.3 Å². The summed E-state index contributed by atoms with van der Waals surface area (Å²) in [5.41, 5.74) is 0.900. The number of carboxylic acid groups (broad SMARTS) is 1. The minimum absolute atomic E-state index is 0.116. The molecule has 1 heterocycles. The molecule has 0 radical (unpaired) electrons. The van der Waals surface area contributed by atoms with Crippen LogP contribution in [0.2, 0.25) is 0 Å². The van der Waals surface area contributed by atoms with E-state index in [2.05, 4.69) is 4.98 Å². The predicted molar refractivity (Wildman–Crippen MR) is 65.6 cm³/mol. The Balaban J connectivity index is 3.06. The zero-order valence-electron chi connectivity index (χ0n) is 10.4. The number of rotatable bonds is 6. The maximum Gasteiger partial charge on any atom is 0.339 e. The van der Waals surface area contributed by atoms with Crippen molar-refractivity contribution < 1.29 is 14.6 Å². The van der Waals surface area contributed by atoms with Crippen molar-refractivity contribution in [3.63, 3.8) is 0 Å². The second kappa shape index (κ2) is 6.20. The second-order valence-electron chi connectivity index (χ2n) is 3.79. The Bertz CT molecular complexity index is 382. The maximum absolute atomic E-state index is 11.1. The highest BCUT2D eigenvalue weighted by molar-refractivity contribution is 5.94. The molecule has 1 atom stereocenters. The average Bonchev–Trinajstić information content (AvgIpc) is 2.31. The lowest BCUT2D eigenvalue weighted by atomic mass is 10.1. The summed E-state index contributed by atoms with van der Waals surface area (Å²) in [6.45, 7) is 5.25. The van der Waals surface area contributed by atoms with Gasteiger partial charge < -0.3 is 14.7 Å². The molecule has 0 fully saturated rings. The van der Waals surface area contributed by atoms with E-state index in [4.69, 9.17) is 9.84 Å². The van der Waals surface area contributed by atoms with Gasteiger partial charge >= 0.3 is 5.97 Å². The van der Waals surface area contributed by atoms with E-state index in [9.17, 15) is 4.79 Å². The summed E-state index contributed by atoms with van der Waals surface area (Å²) in [6.07, 6.45) is 2.98. The number of nitrogens with zero attached hydrogens (tertiary/aromatic N) is 2. The van der Waals surface area contributed by atoms with Crippen molar-refractivity contribution in [2.45, 2.75) is 19.9 Å². The first-order valence-electron chi connectivity index (χ1n) is 5.54. The monoisotopic (exact) mass is 238 g/mol. The first-order valence-corrected chi connectivity index (χ1v) is 5.54. The fourth-order valence-corrected chi connectivity index (χ4v) is 1.85. The number of hydrogen-bond donors (Lipinski definition) is 1. The Hall–Kier alpha value is -1.62. The average molecular weight is 238 g/mol. The number of carbonyl (C=O) groups is 1. The van der Waals surface area contributed by atoms with E-state index in [1.807, 2.05) is 18.7 Å². The summed E-state index contributed by atoms with van der Waals surface area (Å²) >= 11 is 0. The largest absolute Gasteiger partial charge is 0.478 e. The molecule has 1 aromatic heterocycles. The number of likely N-dealkylation sites (N-methyl/N-ethyl adjacent to an activating group) is 1. The van der Waals surface area contributed by atoms with Crippen LogP contribution in [0.15, 0.2) is 18.5 Å². The van der Waals surface area contributed by atoms with Crippen molar-refractivity contribution >= 4 is 11.7 Å². The van der Waals surface area contributed by atoms with Gasteiger partial charge in [-0.3, -0.25) is 4.98 Å². The smallest absolute Gasteiger partial charge is 0.339 e. The van der Waals surface area contributed by atoms with Crippen LogP contribution in [0.1, 0.15) is 24.2 Å². The third-order valence-corrected chi connectivity index (χ3v) is 2.62. The van der Waals surface area contributed by atoms with E-state index in [-0.39, 0.29) is 11.6 Å². The molecule has 17 heavy (non-hydrogen) atoms. The highest BCUT2D eigenvalue weighted by Crippen LogP contribution is 2.21. The van der Waals surface area contributed by atoms with Crippen LogP contribution in [0.25, 0.3) is 0 Å². The Morgan fingerprint density at radius 1 is 1.65 bits per heavy atom. The van der Waals surface area contributed by atoms with Gasteiger partial charge in [0.2, 0.25) is 0 Å². The van der Waals surface area contributed by atoms with Crippen LogP contribution in [-0.2, 0) is 4.74 Å². The Labute approximate surface area is 101 Å². The maximum atomic E-state index is 11.1. The molecule has 5 heteroatoms. The van der Waals surface area contributed by atoms with Crippen molar-refractivity contribution in [2.24, 2.45) is 0 Å². The molecule has 1 N–H and O–H groups in total. The van der Waals surface area contributed by atoms with Crippen LogP contribution in [0.3, 0.4) is 0 Å². The van der Waals surface area contributed by atoms with Crippen LogP contribution in [0.5, 0.6) is 0 Å². The third kappa shape index (κ3) is 3.17. The fourth-order valence-electron chi connectivity index (χ4n) is 1.85. The second-order valence-corrected chi connectivity index (χ2v) is 3.79. The minimum Gasteiger partial charge on any atom is -0.478 e. The van der Waals surface area contributed by atoms with Crippen molar-refractivity contribution in [3.8, 4) is 0 Å². The lowest BCUT2D eigenvalue weighted by Crippen LogP contribution is -2.37. The van der Waals surface area contributed by atoms with E-state index < -0.39 is 5.97 Å². The molecule has 0 amide bonds. The summed E-state index contributed by atoms with van der Waals surface area (Å²) < 4.78 is 5.10. The SMILES string of the molecule is CCN(c1ccncc1C(=O)O)C(C)COC. The van der Waals surface area contributed by atoms with E-state index >= 15 is 0 Å². The number of ether oxygens (including phenoxy) is 1. The molecule has 0 saturated heterocycles. The van der Waals surface area contributed by atoms with Gasteiger partial charge in [0.25, 0.3) is 0 Å². The van der Waals surface area contributed by atoms with Crippen LogP contribution in [-0.4, -0.2) is 42.4 Å². The molecule has 94 valence electrons. The lowest BCUT2D eigenvalue weighted by molar-refractivity contribution is 0.0697. The zero-order valence-corrected chi connectivity index (χ0v) is 10.4. The molecular formula is C12H18N2O3. The first kappa shape index (κ1) is 13.4. The highest BCUT2D eigenvalue weighted by atomic mass is 16.5. The number of anilines is 1. The van der Waals surface area contributed by atoms with Crippen molar-refractivity contribution in [2.75, 3.05) is 25.2 Å². The predicted octanol–water partition coefficient (Wildman–Crippen LogP) is 1.64. The number of pyridine rings is 1. The van der Waals surface area contributed by atoms with Crippen molar-refractivity contribution in [3.05, 3.63) is 24.0 Å². The molecule has 0 aliphatic carbocycles. The molecule has 0 aliphatic rings. The normalized spacial score (nSPS) is 12.2. The number of aromatic carboxylic acids is 1. The van der Waals surface area contributed by atoms with Gasteiger partial charge in [0.1, 0.15) is 5.56 Å². The van der Waals surface area contributed by atoms with E-state index in [1.54, 1.807) is 19.4 Å². The van der Waals surface area contributed by atoms with Crippen molar-refractivity contribution in [1.29, 1.82) is 0 Å². The van der Waals surface area contributed by atoms with Gasteiger partial charge in [-0.15, -0.1) is 0 Å². The summed E-state index contributed by atoms with van der Waals surface area (Å²) in [6, 6.07) is 1.84. The van der Waals surface area contributed by atoms with Crippen LogP contribution in [0, 0.1) is 0 Å². The van der Waals surface area contributed by atoms with Crippen LogP contribution in [0.4, 0.5) is 5.69 Å². The van der Waals surface area contributed by atoms with Gasteiger partial charge in [0, 0.05) is 32.1 Å². The molecule has 1 rings (SSSR count). The zero-order chi connectivity index (χ0) is 12.8. The molecule has 0 bridgehead atoms. The van der Waals surface area contributed by atoms with E-state index in [0.717, 1.165) is 6.54 Å². The quantitative estimate of drug-likeness (QED) is 0.816. The molecular weight excluding hydrogens is 220 g/mol. The number of aromatic nitrogens is 1. The molecule has 1 aromatic rings. The standard InChI is InChI=1S/C12H18N2O3/c1-4-14(9(2)8-17-3)11-5-6-13-7-10(11)12(15)16/h5-7,9H,4,8H2,1-3H3,(H,15,16). The molecule has 0 aliphatic heterocycles. The molecule has 0 spiro atoms. The number of hydrogen-bond acceptors (Lipinski definition) is 4. The minimum atomic E-state index is -0.962. The van der Waals surface area contributed by atoms with Gasteiger partial charge in [-0.1, -0.05) is 0 Å². The summed E-state index contributed by atoms with van der Waals surface area (Å²) in [5.74, 6) is -0.962. The Morgan fingerprint density at radius 3 is 2.88 bits per heavy atom. The van der Waals surface area contributed by atoms with Gasteiger partial charge in [-0.05, 0) is 19.9 Å². The first-order chi connectivity index (χ1) is 8.11. The highest BCUT2D eigenvalue weighted by Gasteiger charge is 2.19.